The van der Waals surface area contributed by atoms with Gasteiger partial charge in [0.05, 0.1) is 7.11 Å². The number of fused-ring (bicyclic) bond motifs is 3. The molecule has 0 saturated carbocycles. The Labute approximate surface area is 171 Å². The first kappa shape index (κ1) is 17.8. The maximum absolute atomic E-state index is 6.67. The van der Waals surface area contributed by atoms with Crippen LogP contribution in [0.4, 0.5) is 0 Å². The molecule has 0 aliphatic carbocycles. The van der Waals surface area contributed by atoms with Gasteiger partial charge in [0.2, 0.25) is 0 Å². The first-order chi connectivity index (χ1) is 14.2. The van der Waals surface area contributed by atoms with Gasteiger partial charge in [-0.2, -0.15) is 0 Å². The lowest BCUT2D eigenvalue weighted by Gasteiger charge is -2.34. The van der Waals surface area contributed by atoms with Crippen molar-refractivity contribution in [3.63, 3.8) is 0 Å². The molecule has 144 valence electrons. The third-order valence-electron chi connectivity index (χ3n) is 6.01. The minimum atomic E-state index is 0.00437. The lowest BCUT2D eigenvalue weighted by molar-refractivity contribution is 0.170. The van der Waals surface area contributed by atoms with E-state index in [1.807, 2.05) is 12.1 Å². The van der Waals surface area contributed by atoms with Crippen LogP contribution in [0, 0.1) is 6.92 Å². The van der Waals surface area contributed by atoms with E-state index in [4.69, 9.17) is 9.47 Å². The third-order valence-corrected chi connectivity index (χ3v) is 6.01. The van der Waals surface area contributed by atoms with E-state index >= 15 is 0 Å². The van der Waals surface area contributed by atoms with E-state index in [0.717, 1.165) is 17.9 Å². The highest BCUT2D eigenvalue weighted by molar-refractivity contribution is 5.92. The quantitative estimate of drug-likeness (QED) is 0.388. The van der Waals surface area contributed by atoms with E-state index in [2.05, 4.69) is 79.7 Å². The van der Waals surface area contributed by atoms with Crippen LogP contribution in [0.3, 0.4) is 0 Å². The summed E-state index contributed by atoms with van der Waals surface area (Å²) in [7, 11) is 1.70. The van der Waals surface area contributed by atoms with Crippen molar-refractivity contribution in [1.29, 1.82) is 0 Å². The Morgan fingerprint density at radius 3 is 2.21 bits per heavy atom. The first-order valence-corrected chi connectivity index (χ1v) is 10.1. The molecule has 4 aromatic carbocycles. The molecule has 0 aromatic heterocycles. The summed E-state index contributed by atoms with van der Waals surface area (Å²) in [5.74, 6) is 2.19. The van der Waals surface area contributed by atoms with Crippen LogP contribution in [-0.4, -0.2) is 7.11 Å². The van der Waals surface area contributed by atoms with Gasteiger partial charge in [-0.15, -0.1) is 0 Å². The number of methoxy groups -OCH3 is 1. The van der Waals surface area contributed by atoms with Crippen LogP contribution >= 0.6 is 0 Å². The highest BCUT2D eigenvalue weighted by Gasteiger charge is 2.32. The maximum atomic E-state index is 6.67. The van der Waals surface area contributed by atoms with Gasteiger partial charge in [0.25, 0.3) is 0 Å². The molecule has 1 aliphatic heterocycles. The Bertz CT molecular complexity index is 1150. The smallest absolute Gasteiger partial charge is 0.131 e. The fraction of sp³-hybridized carbons (Fsp3) is 0.185. The van der Waals surface area contributed by atoms with Crippen LogP contribution in [0.1, 0.15) is 40.7 Å². The average Bonchev–Trinajstić information content (AvgIpc) is 2.79. The normalized spacial score (nSPS) is 18.1. The number of benzene rings is 4. The predicted octanol–water partition coefficient (Wildman–Crippen LogP) is 6.81. The summed E-state index contributed by atoms with van der Waals surface area (Å²) in [4.78, 5) is 0. The lowest BCUT2D eigenvalue weighted by atomic mass is 9.81. The largest absolute Gasteiger partial charge is 0.497 e. The molecule has 2 heteroatoms. The summed E-state index contributed by atoms with van der Waals surface area (Å²) in [6, 6.07) is 29.9. The first-order valence-electron chi connectivity index (χ1n) is 10.1. The molecule has 1 aliphatic rings. The minimum Gasteiger partial charge on any atom is -0.497 e. The number of aryl methyl sites for hydroxylation is 1. The summed E-state index contributed by atoms with van der Waals surface area (Å²) < 4.78 is 12.0. The monoisotopic (exact) mass is 380 g/mol. The van der Waals surface area contributed by atoms with Crippen molar-refractivity contribution < 1.29 is 9.47 Å². The third kappa shape index (κ3) is 3.15. The van der Waals surface area contributed by atoms with Crippen LogP contribution in [0.25, 0.3) is 10.8 Å². The minimum absolute atomic E-state index is 0.00437. The van der Waals surface area contributed by atoms with Crippen LogP contribution in [0.15, 0.2) is 84.9 Å². The predicted molar refractivity (Wildman–Crippen MR) is 118 cm³/mol. The van der Waals surface area contributed by atoms with Gasteiger partial charge < -0.3 is 9.47 Å². The molecule has 2 nitrogen and oxygen atoms in total. The van der Waals surface area contributed by atoms with Crippen molar-refractivity contribution in [2.45, 2.75) is 25.4 Å². The van der Waals surface area contributed by atoms with Gasteiger partial charge in [0.1, 0.15) is 17.6 Å². The summed E-state index contributed by atoms with van der Waals surface area (Å²) in [5, 5.41) is 2.45. The molecule has 0 radical (unpaired) electrons. The Hall–Kier alpha value is -3.26. The zero-order valence-corrected chi connectivity index (χ0v) is 16.8. The lowest BCUT2D eigenvalue weighted by Crippen LogP contribution is -2.20. The van der Waals surface area contributed by atoms with Gasteiger partial charge in [-0.25, -0.2) is 0 Å². The molecule has 0 saturated heterocycles. The van der Waals surface area contributed by atoms with Crippen LogP contribution in [0.2, 0.25) is 0 Å². The summed E-state index contributed by atoms with van der Waals surface area (Å²) in [6.45, 7) is 2.19. The van der Waals surface area contributed by atoms with Crippen LogP contribution in [-0.2, 0) is 0 Å². The second-order valence-corrected chi connectivity index (χ2v) is 7.74. The molecule has 1 heterocycles. The number of rotatable bonds is 3. The van der Waals surface area contributed by atoms with Gasteiger partial charge in [-0.3, -0.25) is 0 Å². The highest BCUT2D eigenvalue weighted by atomic mass is 16.5. The van der Waals surface area contributed by atoms with Crippen molar-refractivity contribution in [3.05, 3.63) is 107 Å². The molecule has 5 rings (SSSR count). The second-order valence-electron chi connectivity index (χ2n) is 7.74. The molecule has 0 fully saturated rings. The van der Waals surface area contributed by atoms with Gasteiger partial charge in [-0.1, -0.05) is 72.8 Å². The van der Waals surface area contributed by atoms with Gasteiger partial charge >= 0.3 is 0 Å². The van der Waals surface area contributed by atoms with Crippen molar-refractivity contribution >= 4 is 10.8 Å². The van der Waals surface area contributed by atoms with Crippen molar-refractivity contribution in [1.82, 2.24) is 0 Å². The Morgan fingerprint density at radius 1 is 0.793 bits per heavy atom. The van der Waals surface area contributed by atoms with E-state index in [0.29, 0.717) is 5.92 Å². The van der Waals surface area contributed by atoms with Crippen LogP contribution < -0.4 is 9.47 Å². The number of hydrogen-bond donors (Lipinski definition) is 0. The van der Waals surface area contributed by atoms with Crippen molar-refractivity contribution in [3.8, 4) is 11.5 Å². The van der Waals surface area contributed by atoms with Gasteiger partial charge in [-0.05, 0) is 47.6 Å². The molecule has 0 N–H and O–H groups in total. The summed E-state index contributed by atoms with van der Waals surface area (Å²) >= 11 is 0. The second kappa shape index (κ2) is 7.29. The molecule has 0 amide bonds. The SMILES string of the molecule is COc1ccc(C2CC(c3ccccc3)c3cc(C)c4ccccc4c3O2)cc1. The Kier molecular flexibility index (Phi) is 4.48. The molecule has 29 heavy (non-hydrogen) atoms. The fourth-order valence-corrected chi connectivity index (χ4v) is 4.50. The standard InChI is InChI=1S/C27H24O2/c1-18-16-25-24(19-8-4-3-5-9-19)17-26(20-12-14-21(28-2)15-13-20)29-27(25)23-11-7-6-10-22(18)23/h3-16,24,26H,17H2,1-2H3. The Balaban J connectivity index is 1.68. The average molecular weight is 380 g/mol. The summed E-state index contributed by atoms with van der Waals surface area (Å²) in [5.41, 5.74) is 5.11. The fourth-order valence-electron chi connectivity index (χ4n) is 4.50. The number of ether oxygens (including phenoxy) is 2. The molecular formula is C27H24O2. The van der Waals surface area contributed by atoms with Crippen molar-refractivity contribution in [2.75, 3.05) is 7.11 Å². The van der Waals surface area contributed by atoms with Crippen molar-refractivity contribution in [2.24, 2.45) is 0 Å². The molecule has 0 bridgehead atoms. The maximum Gasteiger partial charge on any atom is 0.131 e. The van der Waals surface area contributed by atoms with Gasteiger partial charge in [0.15, 0.2) is 0 Å². The molecule has 2 atom stereocenters. The molecular weight excluding hydrogens is 356 g/mol. The zero-order chi connectivity index (χ0) is 19.8. The van der Waals surface area contributed by atoms with E-state index in [-0.39, 0.29) is 6.10 Å². The molecule has 4 aromatic rings. The molecule has 2 unspecified atom stereocenters. The van der Waals surface area contributed by atoms with Gasteiger partial charge in [0, 0.05) is 16.9 Å². The van der Waals surface area contributed by atoms with E-state index in [1.165, 1.54) is 33.0 Å². The topological polar surface area (TPSA) is 18.5 Å². The van der Waals surface area contributed by atoms with E-state index in [9.17, 15) is 0 Å². The highest BCUT2D eigenvalue weighted by Crippen LogP contribution is 2.48. The Morgan fingerprint density at radius 2 is 1.48 bits per heavy atom. The van der Waals surface area contributed by atoms with E-state index in [1.54, 1.807) is 7.11 Å². The zero-order valence-electron chi connectivity index (χ0n) is 16.8. The molecule has 0 spiro atoms. The van der Waals surface area contributed by atoms with E-state index < -0.39 is 0 Å². The summed E-state index contributed by atoms with van der Waals surface area (Å²) in [6.07, 6.45) is 0.922. The number of hydrogen-bond acceptors (Lipinski definition) is 2. The van der Waals surface area contributed by atoms with Crippen LogP contribution in [0.5, 0.6) is 11.5 Å².